The predicted octanol–water partition coefficient (Wildman–Crippen LogP) is 7.62. The van der Waals surface area contributed by atoms with Gasteiger partial charge in [0.15, 0.2) is 6.10 Å². The molecule has 0 aromatic carbocycles. The molecule has 0 rings (SSSR count). The monoisotopic (exact) mass is 628 g/mol. The average Bonchev–Trinajstić information content (AvgIpc) is 2.94. The van der Waals surface area contributed by atoms with Gasteiger partial charge in [0.1, 0.15) is 19.8 Å². The third-order valence-corrected chi connectivity index (χ3v) is 7.16. The maximum Gasteiger partial charge on any atom is 0.472 e. The fraction of sp³-hybridized carbons (Fsp3) is 0.697. The Hall–Kier alpha value is -2.03. The molecule has 0 spiro atoms. The van der Waals surface area contributed by atoms with Crippen molar-refractivity contribution in [3.05, 3.63) is 48.6 Å². The molecule has 0 aliphatic carbocycles. The molecule has 248 valence electrons. The van der Waals surface area contributed by atoms with Crippen molar-refractivity contribution in [3.63, 3.8) is 0 Å². The Bertz CT molecular complexity index is 892. The second-order valence-electron chi connectivity index (χ2n) is 11.4. The summed E-state index contributed by atoms with van der Waals surface area (Å²) in [5, 5.41) is 0. The minimum atomic E-state index is -4.34. The van der Waals surface area contributed by atoms with Crippen molar-refractivity contribution in [2.75, 3.05) is 47.5 Å². The molecule has 0 aromatic rings. The summed E-state index contributed by atoms with van der Waals surface area (Å²) in [7, 11) is 1.45. The van der Waals surface area contributed by atoms with Gasteiger partial charge in [-0.1, -0.05) is 88.1 Å². The van der Waals surface area contributed by atoms with Gasteiger partial charge in [-0.05, 0) is 44.9 Å². The molecule has 0 bridgehead atoms. The Kier molecular flexibility index (Phi) is 25.1. The van der Waals surface area contributed by atoms with Gasteiger partial charge < -0.3 is 18.9 Å². The zero-order valence-corrected chi connectivity index (χ0v) is 28.3. The quantitative estimate of drug-likeness (QED) is 0.0325. The van der Waals surface area contributed by atoms with E-state index in [1.54, 1.807) is 6.92 Å². The number of carbonyl (C=O) groups is 2. The van der Waals surface area contributed by atoms with Crippen molar-refractivity contribution in [3.8, 4) is 0 Å². The van der Waals surface area contributed by atoms with Gasteiger partial charge in [-0.2, -0.15) is 0 Å². The van der Waals surface area contributed by atoms with Gasteiger partial charge in [0.05, 0.1) is 27.7 Å². The molecule has 0 saturated carbocycles. The first-order chi connectivity index (χ1) is 20.5. The first kappa shape index (κ1) is 41.0. The highest BCUT2D eigenvalue weighted by atomic mass is 31.2. The molecule has 43 heavy (non-hydrogen) atoms. The molecule has 0 aliphatic rings. The van der Waals surface area contributed by atoms with E-state index in [4.69, 9.17) is 18.5 Å². The zero-order valence-electron chi connectivity index (χ0n) is 27.4. The standard InChI is InChI=1S/C33H58NO8P/c1-6-8-9-10-11-12-13-14-15-16-17-18-19-20-21-22-23-24-25-26-33(36)42-31(29-39-32(35)7-2)30-41-43(37,38)40-28-27-34(3,4)5/h8-9,11-12,14-15,17-18,31H,6-7,10,13,16,19-30H2,1-5H3/p+1/b9-8-,12-11-,15-14-,18-17-. The van der Waals surface area contributed by atoms with E-state index >= 15 is 0 Å². The van der Waals surface area contributed by atoms with E-state index in [0.29, 0.717) is 17.4 Å². The molecule has 0 radical (unpaired) electrons. The average molecular weight is 629 g/mol. The SMILES string of the molecule is CC/C=C\C/C=C\C/C=C\C/C=C\CCCCCCCCC(=O)OC(COC(=O)CC)COP(=O)(O)OCC[N+](C)(C)C. The summed E-state index contributed by atoms with van der Waals surface area (Å²) in [5.41, 5.74) is 0. The molecule has 0 saturated heterocycles. The highest BCUT2D eigenvalue weighted by Crippen LogP contribution is 2.43. The fourth-order valence-corrected chi connectivity index (χ4v) is 4.37. The van der Waals surface area contributed by atoms with E-state index in [1.807, 2.05) is 21.1 Å². The second-order valence-corrected chi connectivity index (χ2v) is 12.9. The van der Waals surface area contributed by atoms with E-state index in [0.717, 1.165) is 64.2 Å². The molecule has 0 amide bonds. The number of phosphoric acid groups is 1. The van der Waals surface area contributed by atoms with Crippen LogP contribution in [0.3, 0.4) is 0 Å². The van der Waals surface area contributed by atoms with Crippen LogP contribution in [0.25, 0.3) is 0 Å². The smallest absolute Gasteiger partial charge is 0.462 e. The van der Waals surface area contributed by atoms with Gasteiger partial charge in [-0.3, -0.25) is 18.6 Å². The predicted molar refractivity (Wildman–Crippen MR) is 173 cm³/mol. The lowest BCUT2D eigenvalue weighted by Crippen LogP contribution is -2.37. The van der Waals surface area contributed by atoms with Crippen LogP contribution in [0.15, 0.2) is 48.6 Å². The molecule has 0 heterocycles. The maximum atomic E-state index is 12.4. The van der Waals surface area contributed by atoms with E-state index in [1.165, 1.54) is 0 Å². The molecular formula is C33H59NO8P+. The van der Waals surface area contributed by atoms with Crippen molar-refractivity contribution in [2.45, 2.75) is 103 Å². The van der Waals surface area contributed by atoms with Crippen LogP contribution < -0.4 is 0 Å². The molecule has 9 nitrogen and oxygen atoms in total. The number of nitrogens with zero attached hydrogens (tertiary/aromatic N) is 1. The highest BCUT2D eigenvalue weighted by molar-refractivity contribution is 7.47. The van der Waals surface area contributed by atoms with Gasteiger partial charge in [0.25, 0.3) is 0 Å². The van der Waals surface area contributed by atoms with E-state index in [2.05, 4.69) is 55.5 Å². The number of hydrogen-bond acceptors (Lipinski definition) is 7. The molecule has 0 aliphatic heterocycles. The lowest BCUT2D eigenvalue weighted by molar-refractivity contribution is -0.870. The molecule has 10 heteroatoms. The largest absolute Gasteiger partial charge is 0.472 e. The van der Waals surface area contributed by atoms with Gasteiger partial charge in [-0.15, -0.1) is 0 Å². The first-order valence-electron chi connectivity index (χ1n) is 15.9. The van der Waals surface area contributed by atoms with Crippen LogP contribution in [0.1, 0.15) is 97.3 Å². The van der Waals surface area contributed by atoms with E-state index in [9.17, 15) is 19.0 Å². The lowest BCUT2D eigenvalue weighted by Gasteiger charge is -2.24. The summed E-state index contributed by atoms with van der Waals surface area (Å²) < 4.78 is 33.2. The third kappa shape index (κ3) is 29.8. The minimum Gasteiger partial charge on any atom is -0.462 e. The lowest BCUT2D eigenvalue weighted by atomic mass is 10.1. The number of quaternary nitrogens is 1. The number of esters is 2. The first-order valence-corrected chi connectivity index (χ1v) is 17.4. The fourth-order valence-electron chi connectivity index (χ4n) is 3.63. The highest BCUT2D eigenvalue weighted by Gasteiger charge is 2.26. The molecule has 1 N–H and O–H groups in total. The summed E-state index contributed by atoms with van der Waals surface area (Å²) in [6, 6.07) is 0. The number of allylic oxidation sites excluding steroid dienone is 8. The van der Waals surface area contributed by atoms with Crippen LogP contribution in [0.5, 0.6) is 0 Å². The molecule has 2 atom stereocenters. The Labute approximate surface area is 261 Å². The Balaban J connectivity index is 4.10. The maximum absolute atomic E-state index is 12.4. The van der Waals surface area contributed by atoms with E-state index in [-0.39, 0.29) is 26.1 Å². The summed E-state index contributed by atoms with van der Waals surface area (Å²) in [5.74, 6) is -0.923. The van der Waals surface area contributed by atoms with Crippen molar-refractivity contribution in [1.29, 1.82) is 0 Å². The number of likely N-dealkylation sites (N-methyl/N-ethyl adjacent to an activating group) is 1. The number of hydrogen-bond donors (Lipinski definition) is 1. The van der Waals surface area contributed by atoms with Crippen LogP contribution in [0.2, 0.25) is 0 Å². The second kappa shape index (κ2) is 26.4. The minimum absolute atomic E-state index is 0.0248. The summed E-state index contributed by atoms with van der Waals surface area (Å²) in [6.45, 7) is 3.65. The summed E-state index contributed by atoms with van der Waals surface area (Å²) >= 11 is 0. The zero-order chi connectivity index (χ0) is 32.2. The van der Waals surface area contributed by atoms with Gasteiger partial charge in [0.2, 0.25) is 0 Å². The number of ether oxygens (including phenoxy) is 2. The molecule has 2 unspecified atom stereocenters. The Morgan fingerprint density at radius 1 is 0.744 bits per heavy atom. The number of unbranched alkanes of at least 4 members (excludes halogenated alkanes) is 6. The van der Waals surface area contributed by atoms with Crippen molar-refractivity contribution in [1.82, 2.24) is 0 Å². The van der Waals surface area contributed by atoms with Crippen LogP contribution in [0.4, 0.5) is 0 Å². The van der Waals surface area contributed by atoms with Crippen LogP contribution >= 0.6 is 7.82 Å². The molecule has 0 fully saturated rings. The van der Waals surface area contributed by atoms with Crippen molar-refractivity contribution < 1.29 is 42.1 Å². The third-order valence-electron chi connectivity index (χ3n) is 6.18. The number of phosphoric ester groups is 1. The van der Waals surface area contributed by atoms with Crippen LogP contribution in [-0.2, 0) is 32.7 Å². The van der Waals surface area contributed by atoms with Gasteiger partial charge >= 0.3 is 19.8 Å². The van der Waals surface area contributed by atoms with Crippen molar-refractivity contribution in [2.24, 2.45) is 0 Å². The van der Waals surface area contributed by atoms with E-state index < -0.39 is 32.5 Å². The summed E-state index contributed by atoms with van der Waals surface area (Å²) in [4.78, 5) is 33.9. The number of carbonyl (C=O) groups excluding carboxylic acids is 2. The van der Waals surface area contributed by atoms with Crippen LogP contribution in [0, 0.1) is 0 Å². The van der Waals surface area contributed by atoms with Crippen molar-refractivity contribution >= 4 is 19.8 Å². The Morgan fingerprint density at radius 2 is 1.30 bits per heavy atom. The Morgan fingerprint density at radius 3 is 1.88 bits per heavy atom. The van der Waals surface area contributed by atoms with Crippen LogP contribution in [-0.4, -0.2) is 74.9 Å². The topological polar surface area (TPSA) is 108 Å². The number of rotatable bonds is 27. The molecular weight excluding hydrogens is 569 g/mol. The molecule has 0 aromatic heterocycles. The normalized spacial score (nSPS) is 14.7. The summed E-state index contributed by atoms with van der Waals surface area (Å²) in [6.07, 6.45) is 28.2. The van der Waals surface area contributed by atoms with Gasteiger partial charge in [-0.25, -0.2) is 4.57 Å². The van der Waals surface area contributed by atoms with Gasteiger partial charge in [0, 0.05) is 12.8 Å².